The van der Waals surface area contributed by atoms with Crippen molar-refractivity contribution < 1.29 is 14.3 Å². The lowest BCUT2D eigenvalue weighted by atomic mass is 9.91. The number of benzene rings is 3. The van der Waals surface area contributed by atoms with E-state index in [1.807, 2.05) is 49.3 Å². The van der Waals surface area contributed by atoms with E-state index in [1.54, 1.807) is 6.08 Å². The zero-order valence-corrected chi connectivity index (χ0v) is 21.9. The third-order valence-electron chi connectivity index (χ3n) is 7.45. The van der Waals surface area contributed by atoms with Gasteiger partial charge in [-0.15, -0.1) is 0 Å². The molecule has 38 heavy (non-hydrogen) atoms. The number of fused-ring (bicyclic) bond motifs is 4. The van der Waals surface area contributed by atoms with E-state index in [0.717, 1.165) is 53.2 Å². The Morgan fingerprint density at radius 2 is 1.95 bits per heavy atom. The van der Waals surface area contributed by atoms with E-state index >= 15 is 0 Å². The number of ether oxygens (including phenoxy) is 2. The van der Waals surface area contributed by atoms with Crippen LogP contribution in [0.5, 0.6) is 11.5 Å². The molecular formula is C32H33N3O3. The van der Waals surface area contributed by atoms with Gasteiger partial charge in [0.05, 0.1) is 12.6 Å². The van der Waals surface area contributed by atoms with Gasteiger partial charge in [-0.05, 0) is 79.2 Å². The SMILES string of the molecule is CN(C)CCOc1ccc(C=CC(=O)N2CCc3c([nH]c4ccccc34)C2c2ccc3c(c2)CCO3)cc1. The van der Waals surface area contributed by atoms with Gasteiger partial charge in [0.25, 0.3) is 0 Å². The van der Waals surface area contributed by atoms with Gasteiger partial charge >= 0.3 is 0 Å². The molecule has 0 spiro atoms. The summed E-state index contributed by atoms with van der Waals surface area (Å²) in [5, 5.41) is 1.24. The zero-order chi connectivity index (χ0) is 26.1. The number of amides is 1. The van der Waals surface area contributed by atoms with Crippen molar-refractivity contribution in [2.24, 2.45) is 0 Å². The highest BCUT2D eigenvalue weighted by molar-refractivity contribution is 5.93. The van der Waals surface area contributed by atoms with E-state index in [9.17, 15) is 4.79 Å². The van der Waals surface area contributed by atoms with Gasteiger partial charge in [-0.3, -0.25) is 4.79 Å². The molecule has 2 aliphatic rings. The Kier molecular flexibility index (Phi) is 6.64. The average molecular weight is 508 g/mol. The molecule has 0 aliphatic carbocycles. The Morgan fingerprint density at radius 3 is 2.79 bits per heavy atom. The number of H-pyrrole nitrogens is 1. The summed E-state index contributed by atoms with van der Waals surface area (Å²) in [5.74, 6) is 1.79. The number of carbonyl (C=O) groups excluding carboxylic acids is 1. The van der Waals surface area contributed by atoms with E-state index in [-0.39, 0.29) is 11.9 Å². The van der Waals surface area contributed by atoms with Crippen molar-refractivity contribution in [1.82, 2.24) is 14.8 Å². The molecule has 3 heterocycles. The van der Waals surface area contributed by atoms with Gasteiger partial charge in [-0.2, -0.15) is 0 Å². The lowest BCUT2D eigenvalue weighted by Crippen LogP contribution is -2.39. The molecule has 2 aliphatic heterocycles. The van der Waals surface area contributed by atoms with Crippen LogP contribution >= 0.6 is 0 Å². The number of para-hydroxylation sites is 1. The molecule has 0 radical (unpaired) electrons. The minimum Gasteiger partial charge on any atom is -0.493 e. The molecule has 1 N–H and O–H groups in total. The maximum atomic E-state index is 13.7. The number of likely N-dealkylation sites (N-methyl/N-ethyl adjacent to an activating group) is 1. The summed E-state index contributed by atoms with van der Waals surface area (Å²) in [6, 6.07) is 22.5. The Balaban J connectivity index is 1.27. The fraction of sp³-hybridized carbons (Fsp3) is 0.281. The minimum absolute atomic E-state index is 0.00219. The Bertz CT molecular complexity index is 1490. The highest BCUT2D eigenvalue weighted by Crippen LogP contribution is 2.40. The number of nitrogens with zero attached hydrogens (tertiary/aromatic N) is 2. The maximum Gasteiger partial charge on any atom is 0.247 e. The van der Waals surface area contributed by atoms with Crippen LogP contribution < -0.4 is 9.47 Å². The van der Waals surface area contributed by atoms with Crippen molar-refractivity contribution in [3.8, 4) is 11.5 Å². The standard InChI is InChI=1S/C32H33N3O3/c1-34(2)18-20-37-25-11-7-22(8-12-25)9-14-30(36)35-17-15-27-26-5-3-4-6-28(26)33-31(27)32(35)24-10-13-29-23(21-24)16-19-38-29/h3-14,21,32-33H,15-20H2,1-2H3. The highest BCUT2D eigenvalue weighted by atomic mass is 16.5. The Morgan fingerprint density at radius 1 is 1.11 bits per heavy atom. The summed E-state index contributed by atoms with van der Waals surface area (Å²) in [7, 11) is 4.05. The molecule has 6 heteroatoms. The predicted octanol–water partition coefficient (Wildman–Crippen LogP) is 5.23. The molecule has 6 nitrogen and oxygen atoms in total. The monoisotopic (exact) mass is 507 g/mol. The lowest BCUT2D eigenvalue weighted by molar-refractivity contribution is -0.128. The summed E-state index contributed by atoms with van der Waals surface area (Å²) in [6.45, 7) is 2.88. The van der Waals surface area contributed by atoms with Crippen molar-refractivity contribution in [2.45, 2.75) is 18.9 Å². The second-order valence-corrected chi connectivity index (χ2v) is 10.3. The topological polar surface area (TPSA) is 57.8 Å². The van der Waals surface area contributed by atoms with Gasteiger partial charge in [0, 0.05) is 42.2 Å². The summed E-state index contributed by atoms with van der Waals surface area (Å²) in [5.41, 5.74) is 6.82. The van der Waals surface area contributed by atoms with Crippen LogP contribution in [0.2, 0.25) is 0 Å². The lowest BCUT2D eigenvalue weighted by Gasteiger charge is -2.36. The molecular weight excluding hydrogens is 474 g/mol. The van der Waals surface area contributed by atoms with Crippen LogP contribution in [-0.4, -0.2) is 61.1 Å². The van der Waals surface area contributed by atoms with Crippen molar-refractivity contribution in [3.05, 3.63) is 101 Å². The number of aromatic amines is 1. The summed E-state index contributed by atoms with van der Waals surface area (Å²) in [4.78, 5) is 21.4. The van der Waals surface area contributed by atoms with Crippen molar-refractivity contribution in [3.63, 3.8) is 0 Å². The van der Waals surface area contributed by atoms with Crippen LogP contribution in [0, 0.1) is 0 Å². The Hall–Kier alpha value is -4.03. The molecule has 6 rings (SSSR count). The molecule has 1 amide bonds. The molecule has 1 unspecified atom stereocenters. The van der Waals surface area contributed by atoms with E-state index in [4.69, 9.17) is 9.47 Å². The molecule has 4 aromatic rings. The van der Waals surface area contributed by atoms with Gasteiger partial charge in [0.1, 0.15) is 18.1 Å². The third-order valence-corrected chi connectivity index (χ3v) is 7.45. The molecule has 1 atom stereocenters. The van der Waals surface area contributed by atoms with E-state index in [2.05, 4.69) is 52.3 Å². The van der Waals surface area contributed by atoms with Gasteiger partial charge in [-0.25, -0.2) is 0 Å². The minimum atomic E-state index is -0.179. The van der Waals surface area contributed by atoms with Crippen LogP contribution in [0.15, 0.2) is 72.8 Å². The fourth-order valence-electron chi connectivity index (χ4n) is 5.49. The molecule has 0 saturated carbocycles. The fourth-order valence-corrected chi connectivity index (χ4v) is 5.49. The quantitative estimate of drug-likeness (QED) is 0.348. The normalized spacial score (nSPS) is 16.6. The average Bonchev–Trinajstić information content (AvgIpc) is 3.55. The van der Waals surface area contributed by atoms with Crippen LogP contribution in [0.25, 0.3) is 17.0 Å². The number of carbonyl (C=O) groups is 1. The van der Waals surface area contributed by atoms with E-state index in [1.165, 1.54) is 16.5 Å². The molecule has 0 saturated heterocycles. The molecule has 194 valence electrons. The van der Waals surface area contributed by atoms with Gasteiger partial charge in [0.2, 0.25) is 5.91 Å². The first-order valence-corrected chi connectivity index (χ1v) is 13.3. The summed E-state index contributed by atoms with van der Waals surface area (Å²) >= 11 is 0. The first-order valence-electron chi connectivity index (χ1n) is 13.3. The molecule has 0 bridgehead atoms. The largest absolute Gasteiger partial charge is 0.493 e. The molecule has 3 aromatic carbocycles. The second-order valence-electron chi connectivity index (χ2n) is 10.3. The van der Waals surface area contributed by atoms with E-state index < -0.39 is 0 Å². The zero-order valence-electron chi connectivity index (χ0n) is 21.9. The van der Waals surface area contributed by atoms with Gasteiger partial charge in [0.15, 0.2) is 0 Å². The predicted molar refractivity (Wildman–Crippen MR) is 151 cm³/mol. The summed E-state index contributed by atoms with van der Waals surface area (Å²) in [6.07, 6.45) is 5.31. The highest BCUT2D eigenvalue weighted by Gasteiger charge is 2.34. The first kappa shape index (κ1) is 24.3. The number of hydrogen-bond donors (Lipinski definition) is 1. The molecule has 1 aromatic heterocycles. The van der Waals surface area contributed by atoms with Crippen molar-refractivity contribution in [1.29, 1.82) is 0 Å². The van der Waals surface area contributed by atoms with Crippen LogP contribution in [0.3, 0.4) is 0 Å². The molecule has 0 fully saturated rings. The Labute approximate surface area is 223 Å². The van der Waals surface area contributed by atoms with Crippen molar-refractivity contribution >= 4 is 22.9 Å². The van der Waals surface area contributed by atoms with Crippen LogP contribution in [0.4, 0.5) is 0 Å². The van der Waals surface area contributed by atoms with E-state index in [0.29, 0.717) is 19.8 Å². The van der Waals surface area contributed by atoms with Crippen molar-refractivity contribution in [2.75, 3.05) is 40.4 Å². The number of nitrogens with one attached hydrogen (secondary N) is 1. The second kappa shape index (κ2) is 10.4. The number of rotatable bonds is 7. The van der Waals surface area contributed by atoms with Gasteiger partial charge < -0.3 is 24.3 Å². The first-order chi connectivity index (χ1) is 18.6. The van der Waals surface area contributed by atoms with Crippen LogP contribution in [0.1, 0.15) is 34.0 Å². The summed E-state index contributed by atoms with van der Waals surface area (Å²) < 4.78 is 11.5. The van der Waals surface area contributed by atoms with Gasteiger partial charge in [-0.1, -0.05) is 36.4 Å². The number of hydrogen-bond acceptors (Lipinski definition) is 4. The third kappa shape index (κ3) is 4.79. The van der Waals surface area contributed by atoms with Crippen LogP contribution in [-0.2, 0) is 17.6 Å². The maximum absolute atomic E-state index is 13.7. The smallest absolute Gasteiger partial charge is 0.247 e. The number of aromatic nitrogens is 1.